The molecule has 2 amide bonds. The van der Waals surface area contributed by atoms with Crippen LogP contribution in [0.4, 0.5) is 10.1 Å². The number of fused-ring (bicyclic) bond motifs is 1. The SMILES string of the molecule is COC(=O)[C@@]1(c2ccccc2)N[C@H](c2ccccc2C)[C@H]2C(=O)N(c3ccc(F)cc3)C(=O)[C@H]21. The van der Waals surface area contributed by atoms with Crippen molar-refractivity contribution >= 4 is 23.5 Å². The van der Waals surface area contributed by atoms with Crippen LogP contribution < -0.4 is 10.2 Å². The van der Waals surface area contributed by atoms with Gasteiger partial charge in [0.2, 0.25) is 11.8 Å². The molecule has 4 atom stereocenters. The lowest BCUT2D eigenvalue weighted by atomic mass is 9.75. The lowest BCUT2D eigenvalue weighted by Gasteiger charge is -2.33. The number of halogens is 1. The number of hydrogen-bond donors (Lipinski definition) is 1. The topological polar surface area (TPSA) is 75.7 Å². The second kappa shape index (κ2) is 8.18. The summed E-state index contributed by atoms with van der Waals surface area (Å²) in [5, 5.41) is 3.37. The summed E-state index contributed by atoms with van der Waals surface area (Å²) in [5.74, 6) is -4.01. The number of hydrogen-bond acceptors (Lipinski definition) is 5. The van der Waals surface area contributed by atoms with E-state index in [-0.39, 0.29) is 5.69 Å². The molecule has 2 aliphatic rings. The smallest absolute Gasteiger partial charge is 0.331 e. The van der Waals surface area contributed by atoms with E-state index in [1.807, 2.05) is 37.3 Å². The minimum absolute atomic E-state index is 0.265. The minimum atomic E-state index is -1.57. The van der Waals surface area contributed by atoms with E-state index in [1.54, 1.807) is 24.3 Å². The van der Waals surface area contributed by atoms with Gasteiger partial charge in [-0.3, -0.25) is 14.9 Å². The van der Waals surface area contributed by atoms with Crippen LogP contribution in [0.2, 0.25) is 0 Å². The van der Waals surface area contributed by atoms with Crippen molar-refractivity contribution in [1.82, 2.24) is 5.32 Å². The van der Waals surface area contributed by atoms with Crippen molar-refractivity contribution < 1.29 is 23.5 Å². The summed E-state index contributed by atoms with van der Waals surface area (Å²) in [6, 6.07) is 21.0. The molecule has 34 heavy (non-hydrogen) atoms. The quantitative estimate of drug-likeness (QED) is 0.477. The molecule has 0 aromatic heterocycles. The number of nitrogens with zero attached hydrogens (tertiary/aromatic N) is 1. The highest BCUT2D eigenvalue weighted by atomic mass is 19.1. The van der Waals surface area contributed by atoms with Gasteiger partial charge in [-0.15, -0.1) is 0 Å². The number of amides is 2. The monoisotopic (exact) mass is 458 g/mol. The lowest BCUT2D eigenvalue weighted by Crippen LogP contribution is -2.53. The van der Waals surface area contributed by atoms with Gasteiger partial charge in [-0.05, 0) is 47.9 Å². The molecule has 0 saturated carbocycles. The number of aryl methyl sites for hydroxylation is 1. The molecule has 0 unspecified atom stereocenters. The third-order valence-electron chi connectivity index (χ3n) is 6.90. The standard InChI is InChI=1S/C27H23FN2O4/c1-16-8-6-7-11-20(16)23-21-22(25(32)30(24(21)31)19-14-12-18(28)13-15-19)27(29-23,26(33)34-2)17-9-4-3-5-10-17/h3-15,21-23,29H,1-2H3/t21-,22-,23+,27-/m0/s1. The summed E-state index contributed by atoms with van der Waals surface area (Å²) >= 11 is 0. The first-order chi connectivity index (χ1) is 16.4. The van der Waals surface area contributed by atoms with Crippen LogP contribution >= 0.6 is 0 Å². The number of nitrogens with one attached hydrogen (secondary N) is 1. The number of carbonyl (C=O) groups excluding carboxylic acids is 3. The summed E-state index contributed by atoms with van der Waals surface area (Å²) in [5.41, 5.74) is 0.972. The van der Waals surface area contributed by atoms with Crippen LogP contribution in [0.15, 0.2) is 78.9 Å². The Bertz CT molecular complexity index is 1280. The van der Waals surface area contributed by atoms with Gasteiger partial charge in [-0.25, -0.2) is 14.1 Å². The van der Waals surface area contributed by atoms with E-state index < -0.39 is 47.0 Å². The Morgan fingerprint density at radius 2 is 1.59 bits per heavy atom. The Hall–Kier alpha value is -3.84. The third kappa shape index (κ3) is 3.08. The van der Waals surface area contributed by atoms with Gasteiger partial charge in [0.15, 0.2) is 5.54 Å². The van der Waals surface area contributed by atoms with Crippen LogP contribution in [-0.4, -0.2) is 24.9 Å². The Kier molecular flexibility index (Phi) is 5.29. The maximum atomic E-state index is 13.9. The number of methoxy groups -OCH3 is 1. The lowest BCUT2D eigenvalue weighted by molar-refractivity contribution is -0.152. The molecule has 172 valence electrons. The van der Waals surface area contributed by atoms with E-state index in [9.17, 15) is 18.8 Å². The van der Waals surface area contributed by atoms with Gasteiger partial charge in [-0.1, -0.05) is 54.6 Å². The van der Waals surface area contributed by atoms with Crippen LogP contribution in [-0.2, 0) is 24.7 Å². The fourth-order valence-corrected chi connectivity index (χ4v) is 5.39. The second-order valence-electron chi connectivity index (χ2n) is 8.64. The Balaban J connectivity index is 1.74. The van der Waals surface area contributed by atoms with Gasteiger partial charge in [0, 0.05) is 6.04 Å². The van der Waals surface area contributed by atoms with Crippen LogP contribution in [0.1, 0.15) is 22.7 Å². The summed E-state index contributed by atoms with van der Waals surface area (Å²) < 4.78 is 18.8. The van der Waals surface area contributed by atoms with Crippen molar-refractivity contribution in [2.45, 2.75) is 18.5 Å². The normalized spacial score (nSPS) is 26.0. The largest absolute Gasteiger partial charge is 0.467 e. The highest BCUT2D eigenvalue weighted by Gasteiger charge is 2.69. The number of carbonyl (C=O) groups is 3. The molecule has 6 nitrogen and oxygen atoms in total. The van der Waals surface area contributed by atoms with Crippen molar-refractivity contribution in [1.29, 1.82) is 0 Å². The van der Waals surface area contributed by atoms with E-state index in [4.69, 9.17) is 4.74 Å². The molecular weight excluding hydrogens is 435 g/mol. The molecule has 0 bridgehead atoms. The number of benzene rings is 3. The molecule has 0 radical (unpaired) electrons. The molecule has 7 heteroatoms. The number of rotatable bonds is 4. The van der Waals surface area contributed by atoms with Gasteiger partial charge in [0.25, 0.3) is 0 Å². The molecule has 2 heterocycles. The maximum absolute atomic E-state index is 13.9. The van der Waals surface area contributed by atoms with Crippen molar-refractivity contribution in [3.05, 3.63) is 101 Å². The molecule has 2 saturated heterocycles. The fraction of sp³-hybridized carbons (Fsp3) is 0.222. The van der Waals surface area contributed by atoms with Gasteiger partial charge < -0.3 is 4.74 Å². The summed E-state index contributed by atoms with van der Waals surface area (Å²) in [4.78, 5) is 42.3. The summed E-state index contributed by atoms with van der Waals surface area (Å²) in [6.45, 7) is 1.92. The zero-order valence-corrected chi connectivity index (χ0v) is 18.7. The molecular formula is C27H23FN2O4. The van der Waals surface area contributed by atoms with Crippen LogP contribution in [0.5, 0.6) is 0 Å². The molecule has 1 N–H and O–H groups in total. The van der Waals surface area contributed by atoms with E-state index in [1.165, 1.54) is 31.4 Å². The van der Waals surface area contributed by atoms with Crippen molar-refractivity contribution in [3.8, 4) is 0 Å². The maximum Gasteiger partial charge on any atom is 0.331 e. The van der Waals surface area contributed by atoms with E-state index in [0.29, 0.717) is 5.56 Å². The second-order valence-corrected chi connectivity index (χ2v) is 8.64. The predicted molar refractivity (Wildman–Crippen MR) is 123 cm³/mol. The van der Waals surface area contributed by atoms with Crippen molar-refractivity contribution in [2.24, 2.45) is 11.8 Å². The number of anilines is 1. The van der Waals surface area contributed by atoms with Gasteiger partial charge in [0.1, 0.15) is 5.82 Å². The van der Waals surface area contributed by atoms with Crippen molar-refractivity contribution in [2.75, 3.05) is 12.0 Å². The Labute approximate surface area is 196 Å². The summed E-state index contributed by atoms with van der Waals surface area (Å²) in [6.07, 6.45) is 0. The molecule has 3 aromatic carbocycles. The first-order valence-electron chi connectivity index (χ1n) is 11.0. The zero-order valence-electron chi connectivity index (χ0n) is 18.7. The zero-order chi connectivity index (χ0) is 24.0. The number of imide groups is 1. The van der Waals surface area contributed by atoms with E-state index in [2.05, 4.69) is 5.32 Å². The fourth-order valence-electron chi connectivity index (χ4n) is 5.39. The molecule has 5 rings (SSSR count). The van der Waals surface area contributed by atoms with E-state index >= 15 is 0 Å². The predicted octanol–water partition coefficient (Wildman–Crippen LogP) is 3.65. The highest BCUT2D eigenvalue weighted by Crippen LogP contribution is 2.54. The Morgan fingerprint density at radius 1 is 0.941 bits per heavy atom. The van der Waals surface area contributed by atoms with Crippen LogP contribution in [0.3, 0.4) is 0 Å². The van der Waals surface area contributed by atoms with Crippen LogP contribution in [0, 0.1) is 24.6 Å². The van der Waals surface area contributed by atoms with Gasteiger partial charge in [-0.2, -0.15) is 0 Å². The average Bonchev–Trinajstić information content (AvgIpc) is 3.34. The highest BCUT2D eigenvalue weighted by molar-refractivity contribution is 6.24. The number of esters is 1. The molecule has 0 aliphatic carbocycles. The molecule has 2 fully saturated rings. The molecule has 0 spiro atoms. The van der Waals surface area contributed by atoms with Crippen molar-refractivity contribution in [3.63, 3.8) is 0 Å². The van der Waals surface area contributed by atoms with Crippen LogP contribution in [0.25, 0.3) is 0 Å². The summed E-state index contributed by atoms with van der Waals surface area (Å²) in [7, 11) is 1.27. The minimum Gasteiger partial charge on any atom is -0.467 e. The van der Waals surface area contributed by atoms with E-state index in [0.717, 1.165) is 16.0 Å². The van der Waals surface area contributed by atoms with Gasteiger partial charge in [0.05, 0.1) is 24.6 Å². The number of ether oxygens (including phenoxy) is 1. The third-order valence-corrected chi connectivity index (χ3v) is 6.90. The molecule has 2 aliphatic heterocycles. The van der Waals surface area contributed by atoms with Gasteiger partial charge >= 0.3 is 5.97 Å². The molecule has 3 aromatic rings. The average molecular weight is 458 g/mol. The Morgan fingerprint density at radius 3 is 2.24 bits per heavy atom. The first-order valence-corrected chi connectivity index (χ1v) is 11.0. The first kappa shape index (κ1) is 22.0.